The zero-order valence-corrected chi connectivity index (χ0v) is 9.86. The first-order valence-electron chi connectivity index (χ1n) is 5.10. The van der Waals surface area contributed by atoms with E-state index in [4.69, 9.17) is 16.0 Å². The van der Waals surface area contributed by atoms with Crippen LogP contribution in [-0.2, 0) is 6.42 Å². The van der Waals surface area contributed by atoms with Crippen molar-refractivity contribution in [3.05, 3.63) is 45.3 Å². The Bertz CT molecular complexity index is 590. The van der Waals surface area contributed by atoms with Crippen molar-refractivity contribution in [1.29, 1.82) is 0 Å². The molecule has 0 amide bonds. The quantitative estimate of drug-likeness (QED) is 0.891. The second-order valence-corrected chi connectivity index (χ2v) is 3.91. The monoisotopic (exact) mass is 251 g/mol. The zero-order valence-electron chi connectivity index (χ0n) is 9.11. The molecule has 0 radical (unpaired) electrons. The molecule has 4 nitrogen and oxygen atoms in total. The summed E-state index contributed by atoms with van der Waals surface area (Å²) in [5.74, 6) is -0.199. The Hall–Kier alpha value is -1.81. The lowest BCUT2D eigenvalue weighted by Gasteiger charge is -2.02. The lowest BCUT2D eigenvalue weighted by atomic mass is 10.2. The highest BCUT2D eigenvalue weighted by Crippen LogP contribution is 2.21. The van der Waals surface area contributed by atoms with E-state index < -0.39 is 5.63 Å². The topological polar surface area (TPSA) is 63.3 Å². The summed E-state index contributed by atoms with van der Waals surface area (Å²) in [6.07, 6.45) is 0.377. The second-order valence-electron chi connectivity index (χ2n) is 3.47. The Labute approximate surface area is 103 Å². The molecule has 2 rings (SSSR count). The molecule has 1 aromatic heterocycles. The maximum absolute atomic E-state index is 11.5. The summed E-state index contributed by atoms with van der Waals surface area (Å²) in [4.78, 5) is 15.4. The minimum atomic E-state index is -0.565. The van der Waals surface area contributed by atoms with Gasteiger partial charge in [0.1, 0.15) is 0 Å². The van der Waals surface area contributed by atoms with Gasteiger partial charge in [0.25, 0.3) is 0 Å². The van der Waals surface area contributed by atoms with E-state index in [2.05, 4.69) is 4.98 Å². The van der Waals surface area contributed by atoms with E-state index in [1.165, 1.54) is 0 Å². The SMILES string of the molecule is CCc1c(O)nc(-c2ccc(Cl)cc2)oc1=O. The van der Waals surface area contributed by atoms with Crippen LogP contribution in [0.2, 0.25) is 5.02 Å². The molecule has 0 aliphatic carbocycles. The summed E-state index contributed by atoms with van der Waals surface area (Å²) >= 11 is 5.75. The number of nitrogens with zero attached hydrogens (tertiary/aromatic N) is 1. The molecule has 0 atom stereocenters. The van der Waals surface area contributed by atoms with Crippen LogP contribution in [0.5, 0.6) is 5.88 Å². The summed E-state index contributed by atoms with van der Waals surface area (Å²) in [6, 6.07) is 6.64. The highest BCUT2D eigenvalue weighted by atomic mass is 35.5. The van der Waals surface area contributed by atoms with Gasteiger partial charge in [0.2, 0.25) is 11.8 Å². The van der Waals surface area contributed by atoms with Crippen LogP contribution in [0.1, 0.15) is 12.5 Å². The van der Waals surface area contributed by atoms with Gasteiger partial charge in [-0.3, -0.25) is 0 Å². The van der Waals surface area contributed by atoms with E-state index in [0.29, 0.717) is 17.0 Å². The first kappa shape index (κ1) is 11.7. The normalized spacial score (nSPS) is 10.5. The molecule has 1 N–H and O–H groups in total. The summed E-state index contributed by atoms with van der Waals surface area (Å²) in [7, 11) is 0. The molecule has 0 fully saturated rings. The van der Waals surface area contributed by atoms with Gasteiger partial charge in [-0.15, -0.1) is 0 Å². The molecule has 0 saturated heterocycles. The molecule has 0 saturated carbocycles. The third-order valence-corrected chi connectivity index (χ3v) is 2.61. The minimum Gasteiger partial charge on any atom is -0.493 e. The van der Waals surface area contributed by atoms with Crippen molar-refractivity contribution in [3.63, 3.8) is 0 Å². The van der Waals surface area contributed by atoms with Gasteiger partial charge >= 0.3 is 5.63 Å². The Morgan fingerprint density at radius 3 is 2.53 bits per heavy atom. The van der Waals surface area contributed by atoms with Crippen molar-refractivity contribution in [1.82, 2.24) is 4.98 Å². The van der Waals surface area contributed by atoms with Gasteiger partial charge in [-0.25, -0.2) is 4.79 Å². The third-order valence-electron chi connectivity index (χ3n) is 2.36. The first-order chi connectivity index (χ1) is 8.11. The highest BCUT2D eigenvalue weighted by molar-refractivity contribution is 6.30. The Kier molecular flexibility index (Phi) is 3.15. The maximum Gasteiger partial charge on any atom is 0.346 e. The van der Waals surface area contributed by atoms with Crippen molar-refractivity contribution in [2.45, 2.75) is 13.3 Å². The molecule has 0 spiro atoms. The second kappa shape index (κ2) is 4.59. The van der Waals surface area contributed by atoms with E-state index in [-0.39, 0.29) is 17.3 Å². The predicted octanol–water partition coefficient (Wildman–Crippen LogP) is 2.62. The van der Waals surface area contributed by atoms with Crippen molar-refractivity contribution in [3.8, 4) is 17.3 Å². The molecule has 0 aliphatic heterocycles. The standard InChI is InChI=1S/C12H10ClNO3/c1-2-9-10(15)14-11(17-12(9)16)7-3-5-8(13)6-4-7/h3-6,15H,2H2,1H3. The summed E-state index contributed by atoms with van der Waals surface area (Å²) < 4.78 is 5.04. The van der Waals surface area contributed by atoms with E-state index in [9.17, 15) is 9.90 Å². The molecule has 2 aromatic rings. The van der Waals surface area contributed by atoms with Crippen LogP contribution in [0.25, 0.3) is 11.5 Å². The van der Waals surface area contributed by atoms with Gasteiger partial charge in [-0.1, -0.05) is 18.5 Å². The lowest BCUT2D eigenvalue weighted by molar-refractivity contribution is 0.411. The Balaban J connectivity index is 2.54. The average molecular weight is 252 g/mol. The van der Waals surface area contributed by atoms with Crippen LogP contribution in [0.3, 0.4) is 0 Å². The summed E-state index contributed by atoms with van der Waals surface area (Å²) in [6.45, 7) is 1.75. The molecule has 1 heterocycles. The molecule has 88 valence electrons. The predicted molar refractivity (Wildman–Crippen MR) is 64.3 cm³/mol. The number of hydrogen-bond acceptors (Lipinski definition) is 4. The minimum absolute atomic E-state index is 0.0846. The van der Waals surface area contributed by atoms with Crippen molar-refractivity contribution >= 4 is 11.6 Å². The fraction of sp³-hybridized carbons (Fsp3) is 0.167. The summed E-state index contributed by atoms with van der Waals surface area (Å²) in [5.41, 5.74) is 0.206. The van der Waals surface area contributed by atoms with E-state index in [0.717, 1.165) is 0 Å². The highest BCUT2D eigenvalue weighted by Gasteiger charge is 2.12. The number of benzene rings is 1. The van der Waals surface area contributed by atoms with Gasteiger partial charge in [0.05, 0.1) is 5.56 Å². The van der Waals surface area contributed by atoms with Crippen LogP contribution < -0.4 is 5.63 Å². The lowest BCUT2D eigenvalue weighted by Crippen LogP contribution is -2.08. The fourth-order valence-electron chi connectivity index (χ4n) is 1.45. The largest absolute Gasteiger partial charge is 0.493 e. The zero-order chi connectivity index (χ0) is 12.4. The maximum atomic E-state index is 11.5. The third kappa shape index (κ3) is 2.31. The molecule has 0 bridgehead atoms. The van der Waals surface area contributed by atoms with Crippen molar-refractivity contribution in [2.24, 2.45) is 0 Å². The van der Waals surface area contributed by atoms with Gasteiger partial charge in [-0.05, 0) is 30.7 Å². The van der Waals surface area contributed by atoms with Gasteiger partial charge in [0.15, 0.2) is 0 Å². The number of aromatic hydroxyl groups is 1. The van der Waals surface area contributed by atoms with Gasteiger partial charge < -0.3 is 9.52 Å². The summed E-state index contributed by atoms with van der Waals surface area (Å²) in [5, 5.41) is 10.2. The first-order valence-corrected chi connectivity index (χ1v) is 5.48. The van der Waals surface area contributed by atoms with Crippen molar-refractivity contribution < 1.29 is 9.52 Å². The molecule has 0 aliphatic rings. The van der Waals surface area contributed by atoms with Crippen LogP contribution in [-0.4, -0.2) is 10.1 Å². The van der Waals surface area contributed by atoms with Crippen LogP contribution in [0.4, 0.5) is 0 Å². The number of rotatable bonds is 2. The van der Waals surface area contributed by atoms with E-state index in [1.54, 1.807) is 31.2 Å². The van der Waals surface area contributed by atoms with Crippen LogP contribution in [0.15, 0.2) is 33.5 Å². The smallest absolute Gasteiger partial charge is 0.346 e. The van der Waals surface area contributed by atoms with Gasteiger partial charge in [-0.2, -0.15) is 4.98 Å². The average Bonchev–Trinajstić information content (AvgIpc) is 2.29. The Morgan fingerprint density at radius 2 is 2.00 bits per heavy atom. The molecule has 1 aromatic carbocycles. The van der Waals surface area contributed by atoms with Crippen molar-refractivity contribution in [2.75, 3.05) is 0 Å². The number of hydrogen-bond donors (Lipinski definition) is 1. The number of halogens is 1. The van der Waals surface area contributed by atoms with E-state index in [1.807, 2.05) is 0 Å². The molecule has 17 heavy (non-hydrogen) atoms. The van der Waals surface area contributed by atoms with Crippen LogP contribution >= 0.6 is 11.6 Å². The van der Waals surface area contributed by atoms with Gasteiger partial charge in [0, 0.05) is 10.6 Å². The van der Waals surface area contributed by atoms with Crippen LogP contribution in [0, 0.1) is 0 Å². The number of aromatic nitrogens is 1. The molecule has 5 heteroatoms. The fourth-order valence-corrected chi connectivity index (χ4v) is 1.57. The molecular formula is C12H10ClNO3. The Morgan fingerprint density at radius 1 is 1.35 bits per heavy atom. The van der Waals surface area contributed by atoms with E-state index >= 15 is 0 Å². The molecule has 0 unspecified atom stereocenters. The molecular weight excluding hydrogens is 242 g/mol.